The van der Waals surface area contributed by atoms with E-state index in [0.29, 0.717) is 13.2 Å². The summed E-state index contributed by atoms with van der Waals surface area (Å²) in [7, 11) is 0. The number of allylic oxidation sites excluding steroid dienone is 2. The minimum absolute atomic E-state index is 0.114. The molecule has 4 rings (SSSR count). The molecule has 1 aromatic rings. The number of hydrogen-bond donors (Lipinski definition) is 0. The number of rotatable bonds is 3. The summed E-state index contributed by atoms with van der Waals surface area (Å²) in [4.78, 5) is 21.6. The molecule has 0 saturated carbocycles. The zero-order chi connectivity index (χ0) is 17.1. The van der Waals surface area contributed by atoms with Gasteiger partial charge in [-0.25, -0.2) is 0 Å². The Labute approximate surface area is 149 Å². The number of carbonyl (C=O) groups excluding carboxylic acids is 1. The molecule has 0 spiro atoms. The lowest BCUT2D eigenvalue weighted by atomic mass is 9.91. The number of amides is 1. The maximum atomic E-state index is 13.0. The van der Waals surface area contributed by atoms with Crippen LogP contribution in [0.4, 0.5) is 0 Å². The summed E-state index contributed by atoms with van der Waals surface area (Å²) in [5.74, 6) is 0.874. The number of nitrogens with zero attached hydrogens (tertiary/aromatic N) is 3. The van der Waals surface area contributed by atoms with Gasteiger partial charge in [0.1, 0.15) is 0 Å². The van der Waals surface area contributed by atoms with Crippen molar-refractivity contribution >= 4 is 5.91 Å². The molecule has 0 radical (unpaired) electrons. The number of morpholine rings is 1. The molecule has 3 heterocycles. The van der Waals surface area contributed by atoms with Crippen LogP contribution in [0.1, 0.15) is 36.0 Å². The fourth-order valence-corrected chi connectivity index (χ4v) is 4.40. The van der Waals surface area contributed by atoms with Crippen molar-refractivity contribution in [2.45, 2.75) is 37.8 Å². The fraction of sp³-hybridized carbons (Fsp3) is 0.600. The van der Waals surface area contributed by atoms with E-state index in [1.165, 1.54) is 19.3 Å². The number of carbonyl (C=O) groups is 1. The molecule has 1 aromatic heterocycles. The summed E-state index contributed by atoms with van der Waals surface area (Å²) < 4.78 is 5.99. The van der Waals surface area contributed by atoms with Crippen LogP contribution in [0.2, 0.25) is 0 Å². The van der Waals surface area contributed by atoms with Crippen LogP contribution in [0, 0.1) is 5.92 Å². The Balaban J connectivity index is 1.44. The van der Waals surface area contributed by atoms with Gasteiger partial charge in [-0.3, -0.25) is 9.78 Å². The van der Waals surface area contributed by atoms with Gasteiger partial charge in [-0.05, 0) is 43.7 Å². The Bertz CT molecular complexity index is 619. The van der Waals surface area contributed by atoms with Crippen LogP contribution >= 0.6 is 0 Å². The van der Waals surface area contributed by atoms with E-state index in [-0.39, 0.29) is 18.1 Å². The zero-order valence-electron chi connectivity index (χ0n) is 14.7. The van der Waals surface area contributed by atoms with Crippen molar-refractivity contribution in [3.05, 3.63) is 42.2 Å². The topological polar surface area (TPSA) is 45.7 Å². The van der Waals surface area contributed by atoms with E-state index < -0.39 is 0 Å². The molecule has 5 heteroatoms. The van der Waals surface area contributed by atoms with Gasteiger partial charge in [0, 0.05) is 44.1 Å². The summed E-state index contributed by atoms with van der Waals surface area (Å²) in [6, 6.07) is 3.78. The number of aromatic nitrogens is 1. The Kier molecular flexibility index (Phi) is 5.13. The van der Waals surface area contributed by atoms with E-state index in [9.17, 15) is 4.79 Å². The number of pyridine rings is 1. The molecule has 1 amide bonds. The van der Waals surface area contributed by atoms with Gasteiger partial charge in [0.05, 0.1) is 18.8 Å². The Hall–Kier alpha value is -1.72. The van der Waals surface area contributed by atoms with Crippen molar-refractivity contribution < 1.29 is 9.53 Å². The molecule has 134 valence electrons. The van der Waals surface area contributed by atoms with E-state index in [0.717, 1.165) is 37.5 Å². The first-order valence-electron chi connectivity index (χ1n) is 9.51. The standard InChI is InChI=1S/C20H27N3O2/c24-20(17-6-9-21-10-7-17)23-12-13-25-19-8-11-22(15-18(19)23)14-16-4-2-1-3-5-16/h1-2,6-7,9-10,16,18-19H,3-5,8,11-15H2/t16-,18+,19+/m1/s1. The molecule has 0 N–H and O–H groups in total. The second kappa shape index (κ2) is 7.67. The average Bonchev–Trinajstić information content (AvgIpc) is 2.68. The van der Waals surface area contributed by atoms with Crippen LogP contribution in [0.15, 0.2) is 36.7 Å². The Morgan fingerprint density at radius 2 is 2.08 bits per heavy atom. The highest BCUT2D eigenvalue weighted by molar-refractivity contribution is 5.94. The molecule has 1 aliphatic carbocycles. The summed E-state index contributed by atoms with van der Waals surface area (Å²) in [6.45, 7) is 4.49. The summed E-state index contributed by atoms with van der Waals surface area (Å²) >= 11 is 0. The monoisotopic (exact) mass is 341 g/mol. The summed E-state index contributed by atoms with van der Waals surface area (Å²) in [6.07, 6.45) is 12.9. The van der Waals surface area contributed by atoms with Gasteiger partial charge < -0.3 is 14.5 Å². The van der Waals surface area contributed by atoms with Gasteiger partial charge in [0.25, 0.3) is 5.91 Å². The minimum atomic E-state index is 0.114. The van der Waals surface area contributed by atoms with Crippen LogP contribution in [-0.2, 0) is 4.74 Å². The highest BCUT2D eigenvalue weighted by Gasteiger charge is 2.39. The van der Waals surface area contributed by atoms with Gasteiger partial charge in [0.2, 0.25) is 0 Å². The molecular weight excluding hydrogens is 314 g/mol. The third-order valence-electron chi connectivity index (χ3n) is 5.75. The normalized spacial score (nSPS) is 30.1. The van der Waals surface area contributed by atoms with Crippen LogP contribution in [-0.4, -0.2) is 65.6 Å². The lowest BCUT2D eigenvalue weighted by Crippen LogP contribution is -2.61. The van der Waals surface area contributed by atoms with Crippen LogP contribution in [0.3, 0.4) is 0 Å². The molecule has 3 atom stereocenters. The molecule has 5 nitrogen and oxygen atoms in total. The van der Waals surface area contributed by atoms with Crippen LogP contribution < -0.4 is 0 Å². The third kappa shape index (κ3) is 3.77. The Morgan fingerprint density at radius 1 is 1.20 bits per heavy atom. The molecule has 25 heavy (non-hydrogen) atoms. The van der Waals surface area contributed by atoms with E-state index in [1.54, 1.807) is 12.4 Å². The van der Waals surface area contributed by atoms with Crippen LogP contribution in [0.5, 0.6) is 0 Å². The maximum Gasteiger partial charge on any atom is 0.254 e. The van der Waals surface area contributed by atoms with E-state index in [1.807, 2.05) is 17.0 Å². The second-order valence-corrected chi connectivity index (χ2v) is 7.41. The number of ether oxygens (including phenoxy) is 1. The average molecular weight is 341 g/mol. The first kappa shape index (κ1) is 16.7. The first-order chi connectivity index (χ1) is 12.3. The molecule has 2 saturated heterocycles. The zero-order valence-corrected chi connectivity index (χ0v) is 14.7. The van der Waals surface area contributed by atoms with E-state index in [2.05, 4.69) is 22.0 Å². The molecular formula is C20H27N3O2. The van der Waals surface area contributed by atoms with E-state index >= 15 is 0 Å². The van der Waals surface area contributed by atoms with Crippen molar-refractivity contribution in [1.82, 2.24) is 14.8 Å². The number of hydrogen-bond acceptors (Lipinski definition) is 4. The largest absolute Gasteiger partial charge is 0.374 e. The maximum absolute atomic E-state index is 13.0. The lowest BCUT2D eigenvalue weighted by molar-refractivity contribution is -0.0918. The number of likely N-dealkylation sites (tertiary alicyclic amines) is 1. The SMILES string of the molecule is O=C(c1ccncc1)N1CCO[C@H]2CCN(C[C@@H]3CC=CCC3)C[C@@H]21. The highest BCUT2D eigenvalue weighted by Crippen LogP contribution is 2.27. The fourth-order valence-electron chi connectivity index (χ4n) is 4.40. The minimum Gasteiger partial charge on any atom is -0.374 e. The molecule has 2 fully saturated rings. The van der Waals surface area contributed by atoms with Gasteiger partial charge in [-0.15, -0.1) is 0 Å². The Morgan fingerprint density at radius 3 is 2.88 bits per heavy atom. The smallest absolute Gasteiger partial charge is 0.254 e. The summed E-state index contributed by atoms with van der Waals surface area (Å²) in [5, 5.41) is 0. The van der Waals surface area contributed by atoms with Crippen molar-refractivity contribution in [2.24, 2.45) is 5.92 Å². The van der Waals surface area contributed by atoms with Crippen molar-refractivity contribution in [3.8, 4) is 0 Å². The quantitative estimate of drug-likeness (QED) is 0.792. The van der Waals surface area contributed by atoms with Gasteiger partial charge in [0.15, 0.2) is 0 Å². The lowest BCUT2D eigenvalue weighted by Gasteiger charge is -2.47. The molecule has 0 unspecified atom stereocenters. The van der Waals surface area contributed by atoms with Gasteiger partial charge >= 0.3 is 0 Å². The van der Waals surface area contributed by atoms with Gasteiger partial charge in [-0.1, -0.05) is 12.2 Å². The van der Waals surface area contributed by atoms with Crippen molar-refractivity contribution in [3.63, 3.8) is 0 Å². The molecule has 3 aliphatic rings. The first-order valence-corrected chi connectivity index (χ1v) is 9.51. The highest BCUT2D eigenvalue weighted by atomic mass is 16.5. The third-order valence-corrected chi connectivity index (χ3v) is 5.75. The molecule has 0 aromatic carbocycles. The number of fused-ring (bicyclic) bond motifs is 1. The predicted molar refractivity (Wildman–Crippen MR) is 96.3 cm³/mol. The summed E-state index contributed by atoms with van der Waals surface area (Å²) in [5.41, 5.74) is 0.727. The predicted octanol–water partition coefficient (Wildman–Crippen LogP) is 2.35. The van der Waals surface area contributed by atoms with Crippen LogP contribution in [0.25, 0.3) is 0 Å². The van der Waals surface area contributed by atoms with Crippen molar-refractivity contribution in [1.29, 1.82) is 0 Å². The number of piperidine rings is 1. The van der Waals surface area contributed by atoms with E-state index in [4.69, 9.17) is 4.74 Å². The van der Waals surface area contributed by atoms with Crippen molar-refractivity contribution in [2.75, 3.05) is 32.8 Å². The van der Waals surface area contributed by atoms with Gasteiger partial charge in [-0.2, -0.15) is 0 Å². The molecule has 2 aliphatic heterocycles. The second-order valence-electron chi connectivity index (χ2n) is 7.41. The molecule has 0 bridgehead atoms.